The van der Waals surface area contributed by atoms with Crippen molar-refractivity contribution in [3.8, 4) is 0 Å². The molecule has 0 aliphatic carbocycles. The van der Waals surface area contributed by atoms with Gasteiger partial charge in [0.15, 0.2) is 11.6 Å². The van der Waals surface area contributed by atoms with Crippen molar-refractivity contribution in [3.05, 3.63) is 41.2 Å². The average Bonchev–Trinajstić information content (AvgIpc) is 2.74. The molecule has 12 heteroatoms. The van der Waals surface area contributed by atoms with Gasteiger partial charge in [-0.2, -0.15) is 17.6 Å². The van der Waals surface area contributed by atoms with Crippen LogP contribution >= 0.6 is 11.6 Å². The van der Waals surface area contributed by atoms with Crippen LogP contribution in [-0.2, 0) is 0 Å². The summed E-state index contributed by atoms with van der Waals surface area (Å²) in [6, 6.07) is 3.12. The number of piperidine rings is 1. The van der Waals surface area contributed by atoms with Crippen molar-refractivity contribution >= 4 is 28.9 Å². The van der Waals surface area contributed by atoms with Gasteiger partial charge in [0, 0.05) is 42.9 Å². The van der Waals surface area contributed by atoms with Crippen molar-refractivity contribution < 1.29 is 22.0 Å². The molecule has 2 heterocycles. The van der Waals surface area contributed by atoms with Crippen LogP contribution in [0.5, 0.6) is 0 Å². The number of hydrogen-bond acceptors (Lipinski definition) is 6. The highest BCUT2D eigenvalue weighted by molar-refractivity contribution is 6.30. The molecule has 0 radical (unpaired) electrons. The number of alkyl halides is 3. The Morgan fingerprint density at radius 3 is 2.68 bits per heavy atom. The van der Waals surface area contributed by atoms with E-state index < -0.39 is 29.8 Å². The van der Waals surface area contributed by atoms with E-state index in [1.54, 1.807) is 17.9 Å². The van der Waals surface area contributed by atoms with Gasteiger partial charge in [-0.05, 0) is 50.9 Å². The predicted molar refractivity (Wildman–Crippen MR) is 123 cm³/mol. The normalized spacial score (nSPS) is 19.0. The van der Waals surface area contributed by atoms with Gasteiger partial charge in [-0.15, -0.1) is 0 Å². The summed E-state index contributed by atoms with van der Waals surface area (Å²) >= 11 is 5.90. The maximum Gasteiger partial charge on any atom is 0.393 e. The highest BCUT2D eigenvalue weighted by Crippen LogP contribution is 2.35. The van der Waals surface area contributed by atoms with Gasteiger partial charge < -0.3 is 16.0 Å². The molecule has 1 aliphatic rings. The van der Waals surface area contributed by atoms with E-state index in [9.17, 15) is 22.0 Å². The Kier molecular flexibility index (Phi) is 8.40. The minimum atomic E-state index is -4.44. The van der Waals surface area contributed by atoms with E-state index in [1.807, 2.05) is 0 Å². The van der Waals surface area contributed by atoms with Crippen molar-refractivity contribution in [3.63, 3.8) is 0 Å². The van der Waals surface area contributed by atoms with Crippen LogP contribution in [0.1, 0.15) is 26.2 Å². The van der Waals surface area contributed by atoms with E-state index in [1.165, 1.54) is 24.1 Å². The third kappa shape index (κ3) is 6.59. The van der Waals surface area contributed by atoms with Gasteiger partial charge >= 0.3 is 6.18 Å². The highest BCUT2D eigenvalue weighted by Gasteiger charge is 2.45. The van der Waals surface area contributed by atoms with E-state index in [4.69, 9.17) is 17.3 Å². The van der Waals surface area contributed by atoms with Crippen LogP contribution in [-0.4, -0.2) is 59.8 Å². The number of aromatic nitrogens is 2. The summed E-state index contributed by atoms with van der Waals surface area (Å²) in [7, 11) is 1.47. The minimum Gasteiger partial charge on any atom is -0.381 e. The lowest BCUT2D eigenvalue weighted by atomic mass is 9.92. The summed E-state index contributed by atoms with van der Waals surface area (Å²) in [6.07, 6.45) is -2.19. The van der Waals surface area contributed by atoms with Crippen molar-refractivity contribution in [1.82, 2.24) is 14.9 Å². The zero-order chi connectivity index (χ0) is 25.0. The molecule has 0 amide bonds. The number of benzene rings is 1. The second-order valence-electron chi connectivity index (χ2n) is 8.63. The van der Waals surface area contributed by atoms with E-state index in [0.717, 1.165) is 12.7 Å². The highest BCUT2D eigenvalue weighted by atomic mass is 35.5. The van der Waals surface area contributed by atoms with Crippen molar-refractivity contribution in [2.45, 2.75) is 44.4 Å². The minimum absolute atomic E-state index is 0.0702. The van der Waals surface area contributed by atoms with Crippen LogP contribution < -0.4 is 16.0 Å². The van der Waals surface area contributed by atoms with E-state index in [-0.39, 0.29) is 35.7 Å². The Balaban J connectivity index is 1.67. The molecular formula is C22H28ClF5N6. The van der Waals surface area contributed by atoms with Crippen LogP contribution in [0, 0.1) is 17.6 Å². The molecule has 1 saturated heterocycles. The number of anilines is 3. The second-order valence-corrected chi connectivity index (χ2v) is 9.07. The number of nitrogens with zero attached hydrogens (tertiary/aromatic N) is 4. The zero-order valence-corrected chi connectivity index (χ0v) is 19.7. The molecule has 1 aliphatic heterocycles. The van der Waals surface area contributed by atoms with Gasteiger partial charge in [0.1, 0.15) is 12.1 Å². The number of likely N-dealkylation sites (tertiary alicyclic amines) is 1. The van der Waals surface area contributed by atoms with Gasteiger partial charge in [-0.1, -0.05) is 11.6 Å². The second kappa shape index (κ2) is 10.9. The zero-order valence-electron chi connectivity index (χ0n) is 18.9. The summed E-state index contributed by atoms with van der Waals surface area (Å²) in [5.41, 5.74) is 5.93. The number of hydrogen-bond donors (Lipinski definition) is 2. The first kappa shape index (κ1) is 26.2. The fraction of sp³-hybridized carbons (Fsp3) is 0.545. The molecule has 1 unspecified atom stereocenters. The molecule has 0 saturated carbocycles. The molecule has 188 valence electrons. The van der Waals surface area contributed by atoms with Gasteiger partial charge in [-0.25, -0.2) is 14.4 Å². The van der Waals surface area contributed by atoms with Gasteiger partial charge in [0.25, 0.3) is 0 Å². The Bertz CT molecular complexity index is 955. The predicted octanol–water partition coefficient (Wildman–Crippen LogP) is 4.96. The molecule has 6 nitrogen and oxygen atoms in total. The van der Waals surface area contributed by atoms with Crippen LogP contribution in [0.3, 0.4) is 0 Å². The summed E-state index contributed by atoms with van der Waals surface area (Å²) in [5, 5.41) is 3.43. The summed E-state index contributed by atoms with van der Waals surface area (Å²) in [6.45, 7) is 2.37. The molecule has 1 aromatic heterocycles. The molecule has 3 atom stereocenters. The molecule has 3 N–H and O–H groups in total. The molecule has 0 bridgehead atoms. The fourth-order valence-corrected chi connectivity index (χ4v) is 4.60. The molecule has 2 aromatic rings. The first-order valence-electron chi connectivity index (χ1n) is 11.0. The number of halogens is 6. The Morgan fingerprint density at radius 2 is 2.00 bits per heavy atom. The van der Waals surface area contributed by atoms with Crippen molar-refractivity contribution in [1.29, 1.82) is 0 Å². The van der Waals surface area contributed by atoms with Crippen LogP contribution in [0.4, 0.5) is 39.3 Å². The summed E-state index contributed by atoms with van der Waals surface area (Å²) < 4.78 is 69.9. The smallest absolute Gasteiger partial charge is 0.381 e. The number of nitrogens with one attached hydrogen (secondary N) is 1. The van der Waals surface area contributed by atoms with Crippen molar-refractivity contribution in [2.75, 3.05) is 42.6 Å². The topological polar surface area (TPSA) is 70.3 Å². The average molecular weight is 507 g/mol. The van der Waals surface area contributed by atoms with Gasteiger partial charge in [-0.3, -0.25) is 4.90 Å². The van der Waals surface area contributed by atoms with Crippen LogP contribution in [0.25, 0.3) is 0 Å². The largest absolute Gasteiger partial charge is 0.393 e. The Hall–Kier alpha value is -2.40. The lowest BCUT2D eigenvalue weighted by molar-refractivity contribution is -0.192. The third-order valence-corrected chi connectivity index (χ3v) is 6.42. The monoisotopic (exact) mass is 506 g/mol. The number of nitrogens with two attached hydrogens (primary N) is 1. The van der Waals surface area contributed by atoms with Crippen LogP contribution in [0.2, 0.25) is 5.02 Å². The maximum atomic E-state index is 14.2. The molecule has 0 spiro atoms. The summed E-state index contributed by atoms with van der Waals surface area (Å²) in [5.74, 6) is -3.48. The fourth-order valence-electron chi connectivity index (χ4n) is 4.38. The van der Waals surface area contributed by atoms with Crippen LogP contribution in [0.15, 0.2) is 24.5 Å². The Morgan fingerprint density at radius 1 is 1.26 bits per heavy atom. The lowest BCUT2D eigenvalue weighted by Crippen LogP contribution is -2.51. The van der Waals surface area contributed by atoms with Gasteiger partial charge in [0.2, 0.25) is 5.82 Å². The van der Waals surface area contributed by atoms with Gasteiger partial charge in [0.05, 0.1) is 5.92 Å². The quantitative estimate of drug-likeness (QED) is 0.493. The summed E-state index contributed by atoms with van der Waals surface area (Å²) in [4.78, 5) is 10.4. The number of rotatable bonds is 8. The SMILES string of the molecule is C[C@@H]([C@H](CCN(C)c1ncnc(N)c1F)C(F)(F)F)N1CCCC(Nc2cc(F)cc(Cl)c2)C1. The van der Waals surface area contributed by atoms with Crippen molar-refractivity contribution in [2.24, 2.45) is 5.92 Å². The molecule has 1 fully saturated rings. The molecule has 3 rings (SSSR count). The first-order valence-corrected chi connectivity index (χ1v) is 11.3. The maximum absolute atomic E-state index is 14.2. The lowest BCUT2D eigenvalue weighted by Gasteiger charge is -2.41. The third-order valence-electron chi connectivity index (χ3n) is 6.20. The van der Waals surface area contributed by atoms with E-state index >= 15 is 0 Å². The number of nitrogen functional groups attached to an aromatic ring is 1. The molecular weight excluding hydrogens is 479 g/mol. The van der Waals surface area contributed by atoms with E-state index in [0.29, 0.717) is 25.2 Å². The Labute approximate surface area is 200 Å². The molecule has 34 heavy (non-hydrogen) atoms. The molecule has 1 aromatic carbocycles. The standard InChI is InChI=1S/C22H28ClF5N6/c1-13(34-6-3-4-16(11-34)32-17-9-14(23)8-15(24)10-17)18(22(26,27)28)5-7-33(2)21-19(25)20(29)30-12-31-21/h8-10,12-13,16,18,32H,3-7,11H2,1-2H3,(H2,29,30,31)/t13-,16?,18-/m0/s1. The first-order chi connectivity index (χ1) is 16.0. The van der Waals surface area contributed by atoms with E-state index in [2.05, 4.69) is 15.3 Å².